The minimum atomic E-state index is -0.409. The average molecular weight is 411 g/mol. The smallest absolute Gasteiger partial charge is 0.344 e. The van der Waals surface area contributed by atoms with Crippen molar-refractivity contribution in [3.8, 4) is 11.5 Å². The number of halogens is 1. The van der Waals surface area contributed by atoms with E-state index in [9.17, 15) is 4.79 Å². The highest BCUT2D eigenvalue weighted by Crippen LogP contribution is 2.45. The summed E-state index contributed by atoms with van der Waals surface area (Å²) < 4.78 is 11.8. The molecular formula is C17H15BrO3S2. The Morgan fingerprint density at radius 2 is 1.74 bits per heavy atom. The zero-order chi connectivity index (χ0) is 16.2. The average Bonchev–Trinajstić information content (AvgIpc) is 3.10. The van der Waals surface area contributed by atoms with Crippen molar-refractivity contribution < 1.29 is 14.3 Å². The highest BCUT2D eigenvalue weighted by atomic mass is 79.9. The lowest BCUT2D eigenvalue weighted by Crippen LogP contribution is -2.09. The van der Waals surface area contributed by atoms with Crippen molar-refractivity contribution in [3.05, 3.63) is 58.1 Å². The van der Waals surface area contributed by atoms with Crippen molar-refractivity contribution in [2.75, 3.05) is 18.6 Å². The van der Waals surface area contributed by atoms with Gasteiger partial charge in [-0.25, -0.2) is 4.79 Å². The molecule has 6 heteroatoms. The van der Waals surface area contributed by atoms with Crippen LogP contribution >= 0.6 is 39.5 Å². The number of methoxy groups -OCH3 is 1. The molecule has 1 fully saturated rings. The number of thioether (sulfide) groups is 2. The molecule has 1 heterocycles. The van der Waals surface area contributed by atoms with Gasteiger partial charge in [0.25, 0.3) is 0 Å². The van der Waals surface area contributed by atoms with Crippen LogP contribution in [-0.2, 0) is 0 Å². The number of benzene rings is 2. The minimum Gasteiger partial charge on any atom is -0.497 e. The van der Waals surface area contributed by atoms with Crippen LogP contribution in [0.2, 0.25) is 0 Å². The first-order valence-corrected chi connectivity index (χ1v) is 9.95. The van der Waals surface area contributed by atoms with E-state index in [1.807, 2.05) is 47.8 Å². The molecule has 0 atom stereocenters. The minimum absolute atomic E-state index is 0.409. The van der Waals surface area contributed by atoms with Gasteiger partial charge in [-0.3, -0.25) is 0 Å². The number of carbonyl (C=O) groups excluding carboxylic acids is 1. The zero-order valence-electron chi connectivity index (χ0n) is 12.5. The molecule has 0 spiro atoms. The van der Waals surface area contributed by atoms with Crippen LogP contribution in [0.15, 0.2) is 46.9 Å². The van der Waals surface area contributed by atoms with Gasteiger partial charge < -0.3 is 9.47 Å². The Kier molecular flexibility index (Phi) is 5.56. The summed E-state index contributed by atoms with van der Waals surface area (Å²) in [5, 5.41) is 0. The first kappa shape index (κ1) is 16.7. The predicted octanol–water partition coefficient (Wildman–Crippen LogP) is 5.16. The number of hydrogen-bond donors (Lipinski definition) is 0. The first-order chi connectivity index (χ1) is 11.2. The fraction of sp³-hybridized carbons (Fsp3) is 0.235. The fourth-order valence-electron chi connectivity index (χ4n) is 2.19. The summed E-state index contributed by atoms with van der Waals surface area (Å²) in [5.74, 6) is 3.13. The Balaban J connectivity index is 1.72. The largest absolute Gasteiger partial charge is 0.497 e. The van der Waals surface area contributed by atoms with E-state index >= 15 is 0 Å². The highest BCUT2D eigenvalue weighted by Gasteiger charge is 2.19. The van der Waals surface area contributed by atoms with Crippen LogP contribution in [0.4, 0.5) is 0 Å². The molecule has 1 aliphatic rings. The number of carbonyl (C=O) groups is 1. The van der Waals surface area contributed by atoms with Crippen LogP contribution in [0, 0.1) is 0 Å². The summed E-state index contributed by atoms with van der Waals surface area (Å²) in [4.78, 5) is 12.3. The van der Waals surface area contributed by atoms with Crippen LogP contribution < -0.4 is 9.47 Å². The molecule has 0 N–H and O–H groups in total. The predicted molar refractivity (Wildman–Crippen MR) is 99.8 cm³/mol. The van der Waals surface area contributed by atoms with E-state index in [-0.39, 0.29) is 0 Å². The van der Waals surface area contributed by atoms with E-state index in [1.165, 1.54) is 17.1 Å². The lowest BCUT2D eigenvalue weighted by molar-refractivity contribution is 0.0733. The van der Waals surface area contributed by atoms with Crippen molar-refractivity contribution >= 4 is 45.4 Å². The highest BCUT2D eigenvalue weighted by molar-refractivity contribution is 9.10. The van der Waals surface area contributed by atoms with Gasteiger partial charge in [-0.15, -0.1) is 23.5 Å². The van der Waals surface area contributed by atoms with Gasteiger partial charge in [-0.05, 0) is 51.8 Å². The van der Waals surface area contributed by atoms with Crippen LogP contribution in [0.5, 0.6) is 11.5 Å². The van der Waals surface area contributed by atoms with Crippen molar-refractivity contribution in [2.45, 2.75) is 4.58 Å². The van der Waals surface area contributed by atoms with Gasteiger partial charge in [0.05, 0.1) is 17.3 Å². The van der Waals surface area contributed by atoms with E-state index < -0.39 is 5.97 Å². The maximum absolute atomic E-state index is 12.3. The maximum Gasteiger partial charge on any atom is 0.344 e. The summed E-state index contributed by atoms with van der Waals surface area (Å²) in [6, 6.07) is 13.0. The lowest BCUT2D eigenvalue weighted by atomic mass is 10.2. The molecule has 1 saturated heterocycles. The van der Waals surface area contributed by atoms with Gasteiger partial charge in [-0.2, -0.15) is 0 Å². The second-order valence-electron chi connectivity index (χ2n) is 4.88. The molecular weight excluding hydrogens is 396 g/mol. The standard InChI is InChI=1S/C17H15BrO3S2/c1-20-13-6-7-15(18)14(10-13)16(19)21-12-4-2-11(3-5-12)17-22-8-9-23-17/h2-7,10,17H,8-9H2,1H3. The third-order valence-electron chi connectivity index (χ3n) is 3.38. The summed E-state index contributed by atoms with van der Waals surface area (Å²) in [5.41, 5.74) is 1.70. The molecule has 120 valence electrons. The second-order valence-corrected chi connectivity index (χ2v) is 8.46. The maximum atomic E-state index is 12.3. The molecule has 3 nitrogen and oxygen atoms in total. The van der Waals surface area contributed by atoms with E-state index in [0.717, 1.165) is 0 Å². The Hall–Kier alpha value is -1.11. The van der Waals surface area contributed by atoms with Crippen LogP contribution in [0.3, 0.4) is 0 Å². The van der Waals surface area contributed by atoms with Crippen molar-refractivity contribution in [3.63, 3.8) is 0 Å². The number of esters is 1. The van der Waals surface area contributed by atoms with Crippen LogP contribution in [-0.4, -0.2) is 24.6 Å². The molecule has 0 amide bonds. The Labute approximate surface area is 152 Å². The molecule has 1 aliphatic heterocycles. The van der Waals surface area contributed by atoms with E-state index in [2.05, 4.69) is 15.9 Å². The van der Waals surface area contributed by atoms with Gasteiger partial charge in [-0.1, -0.05) is 12.1 Å². The summed E-state index contributed by atoms with van der Waals surface area (Å²) in [6.45, 7) is 0. The molecule has 0 aliphatic carbocycles. The molecule has 2 aromatic rings. The SMILES string of the molecule is COc1ccc(Br)c(C(=O)Oc2ccc(C3SCCS3)cc2)c1. The summed E-state index contributed by atoms with van der Waals surface area (Å²) in [7, 11) is 1.57. The van der Waals surface area contributed by atoms with E-state index in [4.69, 9.17) is 9.47 Å². The molecule has 0 bridgehead atoms. The van der Waals surface area contributed by atoms with Gasteiger partial charge in [0.2, 0.25) is 0 Å². The van der Waals surface area contributed by atoms with Gasteiger partial charge in [0.1, 0.15) is 11.5 Å². The second kappa shape index (κ2) is 7.64. The Morgan fingerprint density at radius 3 is 2.39 bits per heavy atom. The first-order valence-electron chi connectivity index (χ1n) is 7.06. The number of hydrogen-bond acceptors (Lipinski definition) is 5. The van der Waals surface area contributed by atoms with Crippen molar-refractivity contribution in [2.24, 2.45) is 0 Å². The zero-order valence-corrected chi connectivity index (χ0v) is 15.7. The molecule has 0 radical (unpaired) electrons. The quantitative estimate of drug-likeness (QED) is 0.513. The Morgan fingerprint density at radius 1 is 1.09 bits per heavy atom. The Bertz CT molecular complexity index is 697. The van der Waals surface area contributed by atoms with Gasteiger partial charge >= 0.3 is 5.97 Å². The van der Waals surface area contributed by atoms with Crippen molar-refractivity contribution in [1.82, 2.24) is 0 Å². The molecule has 2 aromatic carbocycles. The fourth-order valence-corrected chi connectivity index (χ4v) is 5.46. The number of rotatable bonds is 4. The summed E-state index contributed by atoms with van der Waals surface area (Å²) in [6.07, 6.45) is 0. The monoisotopic (exact) mass is 410 g/mol. The van der Waals surface area contributed by atoms with Gasteiger partial charge in [0.15, 0.2) is 0 Å². The van der Waals surface area contributed by atoms with E-state index in [0.29, 0.717) is 26.1 Å². The molecule has 0 aromatic heterocycles. The molecule has 0 saturated carbocycles. The van der Waals surface area contributed by atoms with Gasteiger partial charge in [0, 0.05) is 16.0 Å². The molecule has 3 rings (SSSR count). The normalized spacial score (nSPS) is 14.7. The lowest BCUT2D eigenvalue weighted by Gasteiger charge is -2.10. The third-order valence-corrected chi connectivity index (χ3v) is 7.17. The molecule has 0 unspecified atom stereocenters. The summed E-state index contributed by atoms with van der Waals surface area (Å²) >= 11 is 7.27. The van der Waals surface area contributed by atoms with Crippen LogP contribution in [0.1, 0.15) is 20.5 Å². The van der Waals surface area contributed by atoms with Crippen LogP contribution in [0.25, 0.3) is 0 Å². The topological polar surface area (TPSA) is 35.5 Å². The third kappa shape index (κ3) is 4.05. The molecule has 23 heavy (non-hydrogen) atoms. The van der Waals surface area contributed by atoms with E-state index in [1.54, 1.807) is 25.3 Å². The van der Waals surface area contributed by atoms with Crippen molar-refractivity contribution in [1.29, 1.82) is 0 Å². The number of ether oxygens (including phenoxy) is 2.